The Hall–Kier alpha value is -2.82. The van der Waals surface area contributed by atoms with Crippen LogP contribution in [0.2, 0.25) is 0 Å². The lowest BCUT2D eigenvalue weighted by Crippen LogP contribution is -2.22. The first-order chi connectivity index (χ1) is 11.9. The first-order valence-corrected chi connectivity index (χ1v) is 8.19. The maximum atomic E-state index is 12.2. The lowest BCUT2D eigenvalue weighted by Gasteiger charge is -2.14. The summed E-state index contributed by atoms with van der Waals surface area (Å²) in [5.74, 6) is -0.0971. The predicted octanol–water partition coefficient (Wildman–Crippen LogP) is 3.81. The Morgan fingerprint density at radius 2 is 1.68 bits per heavy atom. The lowest BCUT2D eigenvalue weighted by molar-refractivity contribution is -0.118. The fourth-order valence-corrected chi connectivity index (χ4v) is 2.70. The Morgan fingerprint density at radius 3 is 2.32 bits per heavy atom. The molecule has 132 valence electrons. The van der Waals surface area contributed by atoms with E-state index in [0.29, 0.717) is 17.0 Å². The largest absolute Gasteiger partial charge is 0.483 e. The fraction of sp³-hybridized carbons (Fsp3) is 0.300. The molecule has 0 unspecified atom stereocenters. The van der Waals surface area contributed by atoms with Crippen molar-refractivity contribution in [2.45, 2.75) is 27.7 Å². The van der Waals surface area contributed by atoms with Crippen molar-refractivity contribution in [3.05, 3.63) is 58.7 Å². The van der Waals surface area contributed by atoms with Crippen LogP contribution in [0.3, 0.4) is 0 Å². The van der Waals surface area contributed by atoms with E-state index in [9.17, 15) is 9.59 Å². The Balaban J connectivity index is 2.06. The van der Waals surface area contributed by atoms with E-state index in [1.54, 1.807) is 31.2 Å². The first kappa shape index (κ1) is 18.5. The standard InChI is InChI=1S/C20H23NO4/c1-5-24-20(23)16-8-6-7-9-17(16)21-18(22)12-25-19-14(3)10-13(2)11-15(19)4/h6-11H,5,12H2,1-4H3,(H,21,22). The number of amides is 1. The van der Waals surface area contributed by atoms with Crippen molar-refractivity contribution in [1.82, 2.24) is 0 Å². The highest BCUT2D eigenvalue weighted by molar-refractivity contribution is 6.01. The van der Waals surface area contributed by atoms with Gasteiger partial charge < -0.3 is 14.8 Å². The molecule has 25 heavy (non-hydrogen) atoms. The van der Waals surface area contributed by atoms with Crippen LogP contribution in [0.15, 0.2) is 36.4 Å². The van der Waals surface area contributed by atoms with E-state index < -0.39 is 5.97 Å². The summed E-state index contributed by atoms with van der Waals surface area (Å²) in [6.45, 7) is 7.78. The molecule has 0 aromatic heterocycles. The summed E-state index contributed by atoms with van der Waals surface area (Å²) in [7, 11) is 0. The van der Waals surface area contributed by atoms with Crippen LogP contribution in [0.5, 0.6) is 5.75 Å². The molecule has 0 aliphatic carbocycles. The van der Waals surface area contributed by atoms with Gasteiger partial charge in [-0.2, -0.15) is 0 Å². The number of benzene rings is 2. The van der Waals surface area contributed by atoms with Gasteiger partial charge in [0.25, 0.3) is 5.91 Å². The van der Waals surface area contributed by atoms with Gasteiger partial charge in [0.15, 0.2) is 6.61 Å². The molecule has 0 saturated heterocycles. The number of anilines is 1. The summed E-state index contributed by atoms with van der Waals surface area (Å²) >= 11 is 0. The maximum absolute atomic E-state index is 12.2. The molecule has 5 heteroatoms. The summed E-state index contributed by atoms with van der Waals surface area (Å²) in [4.78, 5) is 24.2. The molecule has 0 atom stereocenters. The van der Waals surface area contributed by atoms with Crippen LogP contribution in [0.4, 0.5) is 5.69 Å². The van der Waals surface area contributed by atoms with Gasteiger partial charge in [-0.3, -0.25) is 4.79 Å². The lowest BCUT2D eigenvalue weighted by atomic mass is 10.1. The van der Waals surface area contributed by atoms with Crippen molar-refractivity contribution in [3.8, 4) is 5.75 Å². The fourth-order valence-electron chi connectivity index (χ4n) is 2.70. The topological polar surface area (TPSA) is 64.6 Å². The highest BCUT2D eigenvalue weighted by Crippen LogP contribution is 2.24. The van der Waals surface area contributed by atoms with E-state index >= 15 is 0 Å². The molecule has 2 aromatic carbocycles. The van der Waals surface area contributed by atoms with Gasteiger partial charge in [0.05, 0.1) is 17.9 Å². The van der Waals surface area contributed by atoms with E-state index in [0.717, 1.165) is 16.7 Å². The Bertz CT molecular complexity index is 760. The molecule has 0 heterocycles. The monoisotopic (exact) mass is 341 g/mol. The van der Waals surface area contributed by atoms with E-state index in [-0.39, 0.29) is 19.1 Å². The van der Waals surface area contributed by atoms with Crippen molar-refractivity contribution in [2.75, 3.05) is 18.5 Å². The summed E-state index contributed by atoms with van der Waals surface area (Å²) in [5.41, 5.74) is 3.84. The molecule has 5 nitrogen and oxygen atoms in total. The number of ether oxygens (including phenoxy) is 2. The number of carbonyl (C=O) groups excluding carboxylic acids is 2. The highest BCUT2D eigenvalue weighted by Gasteiger charge is 2.15. The number of hydrogen-bond acceptors (Lipinski definition) is 4. The predicted molar refractivity (Wildman–Crippen MR) is 97.2 cm³/mol. The normalized spacial score (nSPS) is 10.2. The molecular formula is C20H23NO4. The molecule has 2 aromatic rings. The minimum absolute atomic E-state index is 0.137. The SMILES string of the molecule is CCOC(=O)c1ccccc1NC(=O)COc1c(C)cc(C)cc1C. The third-order valence-electron chi connectivity index (χ3n) is 3.65. The minimum Gasteiger partial charge on any atom is -0.483 e. The van der Waals surface area contributed by atoms with Crippen molar-refractivity contribution < 1.29 is 19.1 Å². The summed E-state index contributed by atoms with van der Waals surface area (Å²) < 4.78 is 10.7. The van der Waals surface area contributed by atoms with Crippen LogP contribution < -0.4 is 10.1 Å². The average Bonchev–Trinajstić information content (AvgIpc) is 2.54. The minimum atomic E-state index is -0.468. The van der Waals surface area contributed by atoms with Crippen LogP contribution in [0.25, 0.3) is 0 Å². The molecule has 0 radical (unpaired) electrons. The molecule has 0 spiro atoms. The van der Waals surface area contributed by atoms with Gasteiger partial charge in [-0.1, -0.05) is 29.8 Å². The number of carbonyl (C=O) groups is 2. The average molecular weight is 341 g/mol. The number of para-hydroxylation sites is 1. The summed E-state index contributed by atoms with van der Waals surface area (Å²) in [6.07, 6.45) is 0. The Morgan fingerprint density at radius 1 is 1.04 bits per heavy atom. The van der Waals surface area contributed by atoms with Gasteiger partial charge in [0.1, 0.15) is 5.75 Å². The summed E-state index contributed by atoms with van der Waals surface area (Å²) in [5, 5.41) is 2.71. The second-order valence-corrected chi connectivity index (χ2v) is 5.83. The quantitative estimate of drug-likeness (QED) is 0.812. The van der Waals surface area contributed by atoms with Gasteiger partial charge in [-0.15, -0.1) is 0 Å². The van der Waals surface area contributed by atoms with Crippen LogP contribution in [-0.4, -0.2) is 25.1 Å². The van der Waals surface area contributed by atoms with Crippen molar-refractivity contribution >= 4 is 17.6 Å². The van der Waals surface area contributed by atoms with Gasteiger partial charge >= 0.3 is 5.97 Å². The van der Waals surface area contributed by atoms with Crippen LogP contribution in [0.1, 0.15) is 34.0 Å². The van der Waals surface area contributed by atoms with Gasteiger partial charge in [-0.25, -0.2) is 4.79 Å². The van der Waals surface area contributed by atoms with Gasteiger partial charge in [0, 0.05) is 0 Å². The zero-order chi connectivity index (χ0) is 18.4. The first-order valence-electron chi connectivity index (χ1n) is 8.19. The molecule has 0 bridgehead atoms. The van der Waals surface area contributed by atoms with Crippen molar-refractivity contribution in [1.29, 1.82) is 0 Å². The van der Waals surface area contributed by atoms with E-state index in [1.165, 1.54) is 0 Å². The van der Waals surface area contributed by atoms with Crippen molar-refractivity contribution in [2.24, 2.45) is 0 Å². The smallest absolute Gasteiger partial charge is 0.340 e. The number of hydrogen-bond donors (Lipinski definition) is 1. The second-order valence-electron chi connectivity index (χ2n) is 5.83. The van der Waals surface area contributed by atoms with Crippen LogP contribution >= 0.6 is 0 Å². The van der Waals surface area contributed by atoms with Crippen molar-refractivity contribution in [3.63, 3.8) is 0 Å². The third kappa shape index (κ3) is 4.83. The molecule has 0 saturated carbocycles. The van der Waals surface area contributed by atoms with E-state index in [4.69, 9.17) is 9.47 Å². The van der Waals surface area contributed by atoms with E-state index in [2.05, 4.69) is 5.32 Å². The highest BCUT2D eigenvalue weighted by atomic mass is 16.5. The number of nitrogens with one attached hydrogen (secondary N) is 1. The van der Waals surface area contributed by atoms with E-state index in [1.807, 2.05) is 32.9 Å². The van der Waals surface area contributed by atoms with Crippen LogP contribution in [-0.2, 0) is 9.53 Å². The Kier molecular flexibility index (Phi) is 6.17. The molecule has 0 aliphatic rings. The number of rotatable bonds is 6. The Labute approximate surface area is 148 Å². The molecule has 0 aliphatic heterocycles. The molecule has 1 N–H and O–H groups in total. The zero-order valence-corrected chi connectivity index (χ0v) is 15.0. The second kappa shape index (κ2) is 8.33. The maximum Gasteiger partial charge on any atom is 0.340 e. The summed E-state index contributed by atoms with van der Waals surface area (Å²) in [6, 6.07) is 10.8. The molecule has 0 fully saturated rings. The van der Waals surface area contributed by atoms with Crippen LogP contribution in [0, 0.1) is 20.8 Å². The van der Waals surface area contributed by atoms with Gasteiger partial charge in [0.2, 0.25) is 0 Å². The number of esters is 1. The molecular weight excluding hydrogens is 318 g/mol. The molecule has 1 amide bonds. The van der Waals surface area contributed by atoms with Gasteiger partial charge in [-0.05, 0) is 51.0 Å². The third-order valence-corrected chi connectivity index (χ3v) is 3.65. The number of aryl methyl sites for hydroxylation is 3. The zero-order valence-electron chi connectivity index (χ0n) is 15.0. The molecule has 2 rings (SSSR count).